The normalized spacial score (nSPS) is 10.9. The Bertz CT molecular complexity index is 404. The molecule has 0 heterocycles. The van der Waals surface area contributed by atoms with Crippen molar-refractivity contribution in [3.8, 4) is 0 Å². The third kappa shape index (κ3) is 16.2. The molecule has 0 aliphatic heterocycles. The molecule has 2 N–H and O–H groups in total. The number of aliphatic hydroxyl groups is 1. The van der Waals surface area contributed by atoms with E-state index in [1.54, 1.807) is 4.90 Å². The fourth-order valence-corrected chi connectivity index (χ4v) is 3.58. The number of likely N-dealkylation sites (N-methyl/N-ethyl adjacent to an activating group) is 1. The van der Waals surface area contributed by atoms with Crippen molar-refractivity contribution in [2.75, 3.05) is 32.8 Å². The summed E-state index contributed by atoms with van der Waals surface area (Å²) in [6.07, 6.45) is 16.2. The smallest absolute Gasteiger partial charge is 0.407 e. The van der Waals surface area contributed by atoms with Gasteiger partial charge in [-0.1, -0.05) is 84.0 Å². The zero-order valence-corrected chi connectivity index (χ0v) is 19.0. The quantitative estimate of drug-likeness (QED) is 0.265. The maximum Gasteiger partial charge on any atom is 0.407 e. The van der Waals surface area contributed by atoms with Crippen LogP contribution in [0, 0.1) is 0 Å². The molecule has 0 aliphatic rings. The Balaban J connectivity index is 3.66. The second-order valence-corrected chi connectivity index (χ2v) is 7.96. The Hall–Kier alpha value is -1.30. The van der Waals surface area contributed by atoms with Crippen molar-refractivity contribution < 1.29 is 19.8 Å². The number of rotatable bonds is 20. The molecule has 0 unspecified atom stereocenters. The summed E-state index contributed by atoms with van der Waals surface area (Å²) in [7, 11) is 0. The van der Waals surface area contributed by atoms with Crippen LogP contribution in [0.4, 0.5) is 4.79 Å². The van der Waals surface area contributed by atoms with E-state index < -0.39 is 6.09 Å². The molecule has 0 aromatic heterocycles. The lowest BCUT2D eigenvalue weighted by atomic mass is 10.0. The molecule has 0 fully saturated rings. The van der Waals surface area contributed by atoms with Crippen molar-refractivity contribution in [2.24, 2.45) is 0 Å². The van der Waals surface area contributed by atoms with Crippen molar-refractivity contribution in [1.82, 2.24) is 9.80 Å². The number of hydrogen-bond acceptors (Lipinski definition) is 3. The number of amides is 2. The maximum atomic E-state index is 12.3. The average Bonchev–Trinajstić information content (AvgIpc) is 2.70. The molecular weight excluding hydrogens is 368 g/mol. The van der Waals surface area contributed by atoms with E-state index in [4.69, 9.17) is 10.2 Å². The average molecular weight is 415 g/mol. The van der Waals surface area contributed by atoms with E-state index in [9.17, 15) is 9.59 Å². The van der Waals surface area contributed by atoms with E-state index in [1.165, 1.54) is 70.6 Å². The third-order valence-corrected chi connectivity index (χ3v) is 5.51. The number of carboxylic acid groups (broad SMARTS) is 1. The van der Waals surface area contributed by atoms with E-state index in [1.807, 2.05) is 6.92 Å². The lowest BCUT2D eigenvalue weighted by Crippen LogP contribution is -2.41. The fraction of sp³-hybridized carbons (Fsp3) is 0.913. The first-order chi connectivity index (χ1) is 14.1. The molecule has 0 rings (SSSR count). The number of aliphatic hydroxyl groups excluding tert-OH is 1. The molecule has 0 saturated carbocycles. The van der Waals surface area contributed by atoms with Gasteiger partial charge in [0.2, 0.25) is 5.91 Å². The summed E-state index contributed by atoms with van der Waals surface area (Å²) < 4.78 is 0. The number of carbonyl (C=O) groups is 2. The van der Waals surface area contributed by atoms with Crippen molar-refractivity contribution in [1.29, 1.82) is 0 Å². The fourth-order valence-electron chi connectivity index (χ4n) is 3.58. The molecule has 0 aromatic rings. The first-order valence-corrected chi connectivity index (χ1v) is 11.9. The van der Waals surface area contributed by atoms with Crippen LogP contribution < -0.4 is 0 Å². The molecule has 6 heteroatoms. The number of hydrogen-bond donors (Lipinski definition) is 2. The van der Waals surface area contributed by atoms with Crippen LogP contribution in [0.5, 0.6) is 0 Å². The minimum absolute atomic E-state index is 0.0833. The van der Waals surface area contributed by atoms with E-state index in [0.29, 0.717) is 19.5 Å². The Morgan fingerprint density at radius 3 is 1.52 bits per heavy atom. The Morgan fingerprint density at radius 2 is 1.10 bits per heavy atom. The van der Waals surface area contributed by atoms with Gasteiger partial charge in [-0.2, -0.15) is 0 Å². The van der Waals surface area contributed by atoms with Crippen molar-refractivity contribution in [3.63, 3.8) is 0 Å². The summed E-state index contributed by atoms with van der Waals surface area (Å²) in [5, 5.41) is 18.0. The molecule has 0 radical (unpaired) electrons. The summed E-state index contributed by atoms with van der Waals surface area (Å²) in [6.45, 7) is 5.27. The largest absolute Gasteiger partial charge is 0.465 e. The van der Waals surface area contributed by atoms with Crippen LogP contribution in [0.25, 0.3) is 0 Å². The van der Waals surface area contributed by atoms with Crippen LogP contribution >= 0.6 is 0 Å². The first-order valence-electron chi connectivity index (χ1n) is 11.9. The Labute approximate surface area is 178 Å². The van der Waals surface area contributed by atoms with E-state index in [2.05, 4.69) is 6.92 Å². The molecule has 0 aliphatic carbocycles. The number of unbranched alkanes of at least 4 members (excludes halogenated alkanes) is 12. The van der Waals surface area contributed by atoms with Crippen LogP contribution in [0.1, 0.15) is 104 Å². The Morgan fingerprint density at radius 1 is 0.655 bits per heavy atom. The second-order valence-electron chi connectivity index (χ2n) is 7.96. The summed E-state index contributed by atoms with van der Waals surface area (Å²) in [4.78, 5) is 26.3. The molecular formula is C23H46N2O4. The van der Waals surface area contributed by atoms with Gasteiger partial charge in [-0.25, -0.2) is 4.79 Å². The summed E-state index contributed by atoms with van der Waals surface area (Å²) in [5.41, 5.74) is 0. The van der Waals surface area contributed by atoms with Crippen molar-refractivity contribution in [2.45, 2.75) is 104 Å². The topological polar surface area (TPSA) is 81.1 Å². The van der Waals surface area contributed by atoms with Gasteiger partial charge in [0.05, 0.1) is 6.61 Å². The van der Waals surface area contributed by atoms with Gasteiger partial charge >= 0.3 is 6.09 Å². The second kappa shape index (κ2) is 20.0. The molecule has 0 saturated heterocycles. The number of nitrogens with zero attached hydrogens (tertiary/aromatic N) is 2. The zero-order chi connectivity index (χ0) is 21.7. The molecule has 0 atom stereocenters. The summed E-state index contributed by atoms with van der Waals surface area (Å²) >= 11 is 0. The monoisotopic (exact) mass is 414 g/mol. The van der Waals surface area contributed by atoms with Gasteiger partial charge in [-0.05, 0) is 13.3 Å². The van der Waals surface area contributed by atoms with Gasteiger partial charge in [-0.3, -0.25) is 4.79 Å². The molecule has 6 nitrogen and oxygen atoms in total. The lowest BCUT2D eigenvalue weighted by Gasteiger charge is -2.25. The van der Waals surface area contributed by atoms with E-state index in [0.717, 1.165) is 17.7 Å². The summed E-state index contributed by atoms with van der Waals surface area (Å²) in [6, 6.07) is 0. The van der Waals surface area contributed by atoms with Gasteiger partial charge in [0, 0.05) is 32.6 Å². The minimum atomic E-state index is -1.06. The van der Waals surface area contributed by atoms with Gasteiger partial charge in [0.15, 0.2) is 0 Å². The first kappa shape index (κ1) is 27.7. The standard InChI is InChI=1S/C23H46N2O4/c1-3-5-6-7-8-9-10-11-12-13-14-15-16-17-22(27)24(4-2)18-19-25(20-21-26)23(28)29/h26H,3-21H2,1-2H3,(H,28,29). The molecule has 0 spiro atoms. The predicted octanol–water partition coefficient (Wildman–Crippen LogP) is 5.29. The predicted molar refractivity (Wildman–Crippen MR) is 119 cm³/mol. The highest BCUT2D eigenvalue weighted by atomic mass is 16.4. The van der Waals surface area contributed by atoms with E-state index in [-0.39, 0.29) is 25.6 Å². The van der Waals surface area contributed by atoms with Gasteiger partial charge in [0.1, 0.15) is 0 Å². The van der Waals surface area contributed by atoms with Gasteiger partial charge < -0.3 is 20.0 Å². The third-order valence-electron chi connectivity index (χ3n) is 5.51. The zero-order valence-electron chi connectivity index (χ0n) is 19.0. The van der Waals surface area contributed by atoms with Crippen LogP contribution in [-0.4, -0.2) is 64.8 Å². The van der Waals surface area contributed by atoms with Gasteiger partial charge in [0.25, 0.3) is 0 Å². The SMILES string of the molecule is CCCCCCCCCCCCCCCC(=O)N(CC)CCN(CCO)C(=O)O. The van der Waals surface area contributed by atoms with Crippen molar-refractivity contribution in [3.05, 3.63) is 0 Å². The van der Waals surface area contributed by atoms with E-state index >= 15 is 0 Å². The highest BCUT2D eigenvalue weighted by molar-refractivity contribution is 5.76. The molecule has 29 heavy (non-hydrogen) atoms. The molecule has 0 bridgehead atoms. The van der Waals surface area contributed by atoms with Crippen LogP contribution in [-0.2, 0) is 4.79 Å². The maximum absolute atomic E-state index is 12.3. The Kier molecular flexibility index (Phi) is 19.1. The van der Waals surface area contributed by atoms with Crippen molar-refractivity contribution >= 4 is 12.0 Å². The van der Waals surface area contributed by atoms with Crippen LogP contribution in [0.15, 0.2) is 0 Å². The van der Waals surface area contributed by atoms with Crippen LogP contribution in [0.2, 0.25) is 0 Å². The lowest BCUT2D eigenvalue weighted by molar-refractivity contribution is -0.131. The highest BCUT2D eigenvalue weighted by Crippen LogP contribution is 2.13. The minimum Gasteiger partial charge on any atom is -0.465 e. The van der Waals surface area contributed by atoms with Crippen LogP contribution in [0.3, 0.4) is 0 Å². The highest BCUT2D eigenvalue weighted by Gasteiger charge is 2.15. The molecule has 0 aromatic carbocycles. The number of carbonyl (C=O) groups excluding carboxylic acids is 1. The summed E-state index contributed by atoms with van der Waals surface area (Å²) in [5.74, 6) is 0.102. The molecule has 2 amide bonds. The van der Waals surface area contributed by atoms with Gasteiger partial charge in [-0.15, -0.1) is 0 Å². The molecule has 172 valence electrons.